The summed E-state index contributed by atoms with van der Waals surface area (Å²) in [7, 11) is 0. The van der Waals surface area contributed by atoms with Crippen molar-refractivity contribution in [3.8, 4) is 0 Å². The first kappa shape index (κ1) is 14.9. The number of carbonyl (C=O) groups is 2. The molecule has 0 aromatic heterocycles. The predicted molar refractivity (Wildman–Crippen MR) is 60.1 cm³/mol. The molecule has 16 heavy (non-hydrogen) atoms. The molecule has 0 aliphatic rings. The fourth-order valence-electron chi connectivity index (χ4n) is 0.949. The Morgan fingerprint density at radius 2 is 1.81 bits per heavy atom. The largest absolute Gasteiger partial charge is 0.480 e. The number of rotatable bonds is 7. The lowest BCUT2D eigenvalue weighted by Crippen LogP contribution is -2.43. The second-order valence-corrected chi connectivity index (χ2v) is 4.26. The quantitative estimate of drug-likeness (QED) is 0.686. The summed E-state index contributed by atoms with van der Waals surface area (Å²) in [6.07, 6.45) is 0.270. The van der Waals surface area contributed by atoms with Crippen molar-refractivity contribution in [2.45, 2.75) is 46.3 Å². The van der Waals surface area contributed by atoms with Gasteiger partial charge in [0.05, 0.1) is 0 Å². The van der Waals surface area contributed by atoms with Crippen LogP contribution in [0.15, 0.2) is 0 Å². The molecular weight excluding hydrogens is 210 g/mol. The summed E-state index contributed by atoms with van der Waals surface area (Å²) in [4.78, 5) is 21.9. The van der Waals surface area contributed by atoms with E-state index in [2.05, 4.69) is 19.2 Å². The van der Waals surface area contributed by atoms with Crippen molar-refractivity contribution in [2.24, 2.45) is 5.92 Å². The number of aliphatic carboxylic acids is 1. The number of carbonyl (C=O) groups excluding carboxylic acids is 1. The van der Waals surface area contributed by atoms with Gasteiger partial charge in [-0.15, -0.1) is 0 Å². The Bertz CT molecular complexity index is 240. The predicted octanol–water partition coefficient (Wildman–Crippen LogP) is 1.03. The lowest BCUT2D eigenvalue weighted by Gasteiger charge is -2.16. The average molecular weight is 231 g/mol. The summed E-state index contributed by atoms with van der Waals surface area (Å²) in [6.45, 7) is 7.68. The van der Waals surface area contributed by atoms with Crippen molar-refractivity contribution >= 4 is 11.9 Å². The molecule has 0 saturated heterocycles. The molecule has 5 nitrogen and oxygen atoms in total. The Kier molecular flexibility index (Phi) is 6.72. The van der Waals surface area contributed by atoms with Gasteiger partial charge in [0.1, 0.15) is 12.1 Å². The van der Waals surface area contributed by atoms with Crippen LogP contribution in [0.1, 0.15) is 34.1 Å². The van der Waals surface area contributed by atoms with Crippen molar-refractivity contribution < 1.29 is 19.4 Å². The number of carboxylic acids is 1. The molecule has 0 aromatic rings. The number of carboxylic acid groups (broad SMARTS) is 1. The summed E-state index contributed by atoms with van der Waals surface area (Å²) in [5, 5.41) is 11.0. The zero-order valence-electron chi connectivity index (χ0n) is 10.3. The van der Waals surface area contributed by atoms with E-state index in [1.807, 2.05) is 0 Å². The molecule has 0 saturated carbocycles. The summed E-state index contributed by atoms with van der Waals surface area (Å²) in [5.74, 6) is -0.922. The van der Waals surface area contributed by atoms with Gasteiger partial charge in [-0.05, 0) is 26.2 Å². The van der Waals surface area contributed by atoms with Crippen LogP contribution in [0.5, 0.6) is 0 Å². The third kappa shape index (κ3) is 6.40. The number of ether oxygens (including phenoxy) is 1. The van der Waals surface area contributed by atoms with Crippen LogP contribution in [0.4, 0.5) is 0 Å². The van der Waals surface area contributed by atoms with Crippen LogP contribution in [-0.2, 0) is 14.3 Å². The van der Waals surface area contributed by atoms with E-state index in [-0.39, 0.29) is 0 Å². The van der Waals surface area contributed by atoms with Gasteiger partial charge in [0, 0.05) is 6.61 Å². The molecule has 0 heterocycles. The number of hydrogen-bond donors (Lipinski definition) is 2. The Morgan fingerprint density at radius 3 is 2.25 bits per heavy atom. The van der Waals surface area contributed by atoms with Gasteiger partial charge in [-0.3, -0.25) is 9.59 Å². The van der Waals surface area contributed by atoms with Gasteiger partial charge in [0.2, 0.25) is 5.91 Å². The molecule has 0 fully saturated rings. The van der Waals surface area contributed by atoms with E-state index in [1.54, 1.807) is 6.92 Å². The first-order chi connectivity index (χ1) is 7.34. The molecule has 1 amide bonds. The van der Waals surface area contributed by atoms with E-state index in [0.717, 1.165) is 6.42 Å². The van der Waals surface area contributed by atoms with Gasteiger partial charge < -0.3 is 15.2 Å². The number of amides is 1. The molecule has 5 heteroatoms. The first-order valence-corrected chi connectivity index (χ1v) is 5.49. The maximum atomic E-state index is 11.4. The Morgan fingerprint density at radius 1 is 1.25 bits per heavy atom. The van der Waals surface area contributed by atoms with Crippen LogP contribution in [0.25, 0.3) is 0 Å². The van der Waals surface area contributed by atoms with Crippen LogP contribution < -0.4 is 5.32 Å². The van der Waals surface area contributed by atoms with Crippen molar-refractivity contribution in [3.63, 3.8) is 0 Å². The molecule has 0 aliphatic heterocycles. The Labute approximate surface area is 96.2 Å². The van der Waals surface area contributed by atoms with Gasteiger partial charge >= 0.3 is 5.97 Å². The Balaban J connectivity index is 3.86. The number of hydrogen-bond acceptors (Lipinski definition) is 3. The van der Waals surface area contributed by atoms with Crippen LogP contribution in [0.3, 0.4) is 0 Å². The molecule has 0 aliphatic carbocycles. The maximum Gasteiger partial charge on any atom is 0.325 e. The fraction of sp³-hybridized carbons (Fsp3) is 0.818. The highest BCUT2D eigenvalue weighted by atomic mass is 16.5. The summed E-state index contributed by atoms with van der Waals surface area (Å²) in [5.41, 5.74) is 0. The highest BCUT2D eigenvalue weighted by Gasteiger charge is 2.19. The molecule has 0 spiro atoms. The van der Waals surface area contributed by atoms with Crippen LogP contribution in [0, 0.1) is 5.92 Å². The van der Waals surface area contributed by atoms with Gasteiger partial charge in [0.15, 0.2) is 0 Å². The zero-order chi connectivity index (χ0) is 12.7. The smallest absolute Gasteiger partial charge is 0.325 e. The highest BCUT2D eigenvalue weighted by Crippen LogP contribution is 2.01. The van der Waals surface area contributed by atoms with Crippen molar-refractivity contribution in [1.82, 2.24) is 5.32 Å². The fourth-order valence-corrected chi connectivity index (χ4v) is 0.949. The van der Waals surface area contributed by atoms with E-state index in [1.165, 1.54) is 6.92 Å². The molecule has 1 unspecified atom stereocenters. The van der Waals surface area contributed by atoms with Crippen molar-refractivity contribution in [3.05, 3.63) is 0 Å². The first-order valence-electron chi connectivity index (χ1n) is 5.49. The van der Waals surface area contributed by atoms with E-state index in [9.17, 15) is 9.59 Å². The minimum atomic E-state index is -1.05. The second kappa shape index (κ2) is 7.22. The third-order valence-electron chi connectivity index (χ3n) is 2.16. The summed E-state index contributed by atoms with van der Waals surface area (Å²) >= 11 is 0. The third-order valence-corrected chi connectivity index (χ3v) is 2.16. The van der Waals surface area contributed by atoms with E-state index in [4.69, 9.17) is 9.84 Å². The highest BCUT2D eigenvalue weighted by molar-refractivity contribution is 5.85. The van der Waals surface area contributed by atoms with Crippen LogP contribution >= 0.6 is 0 Å². The lowest BCUT2D eigenvalue weighted by atomic mass is 10.1. The van der Waals surface area contributed by atoms with Crippen LogP contribution in [0.2, 0.25) is 0 Å². The average Bonchev–Trinajstić information content (AvgIpc) is 2.16. The molecule has 0 rings (SSSR count). The van der Waals surface area contributed by atoms with Gasteiger partial charge in [-0.2, -0.15) is 0 Å². The number of nitrogens with one attached hydrogen (secondary N) is 1. The minimum absolute atomic E-state index is 0.390. The molecule has 0 aromatic carbocycles. The molecule has 2 N–H and O–H groups in total. The molecular formula is C11H21NO4. The molecule has 0 radical (unpaired) electrons. The standard InChI is InChI=1S/C11H21NO4/c1-7(2)5-6-16-9(4)10(13)12-8(3)11(14)15/h7-9H,5-6H2,1-4H3,(H,12,13)(H,14,15)/t8-,9?/m1/s1. The molecule has 94 valence electrons. The van der Waals surface area contributed by atoms with Crippen molar-refractivity contribution in [2.75, 3.05) is 6.61 Å². The van der Waals surface area contributed by atoms with Gasteiger partial charge in [0.25, 0.3) is 0 Å². The minimum Gasteiger partial charge on any atom is -0.480 e. The topological polar surface area (TPSA) is 75.6 Å². The molecule has 0 bridgehead atoms. The van der Waals surface area contributed by atoms with E-state index >= 15 is 0 Å². The monoisotopic (exact) mass is 231 g/mol. The molecule has 2 atom stereocenters. The zero-order valence-corrected chi connectivity index (χ0v) is 10.3. The van der Waals surface area contributed by atoms with Gasteiger partial charge in [-0.1, -0.05) is 13.8 Å². The SMILES string of the molecule is CC(C)CCOC(C)C(=O)N[C@H](C)C(=O)O. The summed E-state index contributed by atoms with van der Waals surface area (Å²) < 4.78 is 5.29. The maximum absolute atomic E-state index is 11.4. The van der Waals surface area contributed by atoms with E-state index in [0.29, 0.717) is 12.5 Å². The lowest BCUT2D eigenvalue weighted by molar-refractivity contribution is -0.143. The normalized spacial score (nSPS) is 14.6. The summed E-state index contributed by atoms with van der Waals surface area (Å²) in [6, 6.07) is -0.886. The second-order valence-electron chi connectivity index (χ2n) is 4.26. The van der Waals surface area contributed by atoms with E-state index < -0.39 is 24.0 Å². The van der Waals surface area contributed by atoms with Crippen LogP contribution in [-0.4, -0.2) is 35.7 Å². The Hall–Kier alpha value is -1.10. The van der Waals surface area contributed by atoms with Crippen molar-refractivity contribution in [1.29, 1.82) is 0 Å². The van der Waals surface area contributed by atoms with Gasteiger partial charge in [-0.25, -0.2) is 0 Å².